The highest BCUT2D eigenvalue weighted by atomic mass is 127. The Morgan fingerprint density at radius 1 is 1.26 bits per heavy atom. The molecule has 0 aromatic heterocycles. The quantitative estimate of drug-likeness (QED) is 0.376. The normalized spacial score (nSPS) is 16.2. The Balaban J connectivity index is 0.00000264. The zero-order valence-corrected chi connectivity index (χ0v) is 17.0. The highest BCUT2D eigenvalue weighted by molar-refractivity contribution is 14.0. The van der Waals surface area contributed by atoms with Crippen molar-refractivity contribution >= 4 is 41.5 Å². The van der Waals surface area contributed by atoms with Gasteiger partial charge < -0.3 is 15.4 Å². The predicted molar refractivity (Wildman–Crippen MR) is 108 cm³/mol. The molecule has 0 aliphatic heterocycles. The first-order chi connectivity index (χ1) is 10.7. The molecule has 1 saturated carbocycles. The van der Waals surface area contributed by atoms with Crippen molar-refractivity contribution in [3.63, 3.8) is 0 Å². The molecule has 0 unspecified atom stereocenters. The van der Waals surface area contributed by atoms with E-state index in [9.17, 15) is 0 Å². The number of aliphatic imine (C=N–C) groups is 1. The third-order valence-electron chi connectivity index (χ3n) is 4.48. The fourth-order valence-electron chi connectivity index (χ4n) is 2.79. The molecule has 2 N–H and O–H groups in total. The first kappa shape index (κ1) is 20.5. The zero-order valence-electron chi connectivity index (χ0n) is 13.9. The summed E-state index contributed by atoms with van der Waals surface area (Å²) in [5.74, 6) is 0.846. The van der Waals surface area contributed by atoms with Crippen LogP contribution in [-0.4, -0.2) is 33.3 Å². The Morgan fingerprint density at radius 3 is 2.48 bits per heavy atom. The minimum atomic E-state index is 0. The summed E-state index contributed by atoms with van der Waals surface area (Å²) in [5, 5.41) is 7.57. The summed E-state index contributed by atoms with van der Waals surface area (Å²) in [4.78, 5) is 4.30. The number of hydrogen-bond donors (Lipinski definition) is 2. The van der Waals surface area contributed by atoms with Crippen LogP contribution >= 0.6 is 35.6 Å². The maximum absolute atomic E-state index is 5.90. The molecule has 0 saturated heterocycles. The summed E-state index contributed by atoms with van der Waals surface area (Å²) >= 11 is 5.90. The van der Waals surface area contributed by atoms with Crippen LogP contribution in [-0.2, 0) is 11.3 Å². The average molecular weight is 452 g/mol. The minimum absolute atomic E-state index is 0. The minimum Gasteiger partial charge on any atom is -0.385 e. The Labute approximate surface area is 161 Å². The molecule has 4 nitrogen and oxygen atoms in total. The maximum Gasteiger partial charge on any atom is 0.191 e. The number of ether oxygens (including phenoxy) is 1. The molecule has 2 rings (SSSR count). The maximum atomic E-state index is 5.90. The Kier molecular flexibility index (Phi) is 9.24. The van der Waals surface area contributed by atoms with Crippen molar-refractivity contribution in [2.75, 3.05) is 27.3 Å². The van der Waals surface area contributed by atoms with Gasteiger partial charge in [0.25, 0.3) is 0 Å². The lowest BCUT2D eigenvalue weighted by Crippen LogP contribution is -2.46. The van der Waals surface area contributed by atoms with Gasteiger partial charge in [0, 0.05) is 38.9 Å². The lowest BCUT2D eigenvalue weighted by Gasteiger charge is -2.42. The van der Waals surface area contributed by atoms with E-state index in [1.807, 2.05) is 24.3 Å². The molecule has 1 aromatic carbocycles. The van der Waals surface area contributed by atoms with E-state index in [4.69, 9.17) is 16.3 Å². The molecule has 0 atom stereocenters. The van der Waals surface area contributed by atoms with Crippen LogP contribution in [0.25, 0.3) is 0 Å². The molecule has 0 spiro atoms. The summed E-state index contributed by atoms with van der Waals surface area (Å²) in [6.07, 6.45) is 4.99. The van der Waals surface area contributed by atoms with E-state index < -0.39 is 0 Å². The topological polar surface area (TPSA) is 45.7 Å². The standard InChI is InChI=1S/C17H26ClN3O.HI/c1-19-16(20-12-14-4-6-15(18)7-5-14)21-13-17(8-3-9-17)10-11-22-2;/h4-7H,3,8-13H2,1-2H3,(H2,19,20,21);1H. The van der Waals surface area contributed by atoms with E-state index in [2.05, 4.69) is 15.6 Å². The number of halogens is 2. The van der Waals surface area contributed by atoms with E-state index in [1.54, 1.807) is 14.2 Å². The summed E-state index contributed by atoms with van der Waals surface area (Å²) in [5.41, 5.74) is 1.57. The number of benzene rings is 1. The van der Waals surface area contributed by atoms with Crippen LogP contribution in [0.2, 0.25) is 5.02 Å². The summed E-state index contributed by atoms with van der Waals surface area (Å²) < 4.78 is 5.24. The van der Waals surface area contributed by atoms with Crippen molar-refractivity contribution in [1.29, 1.82) is 0 Å². The van der Waals surface area contributed by atoms with Crippen LogP contribution in [0.4, 0.5) is 0 Å². The Bertz CT molecular complexity index is 489. The van der Waals surface area contributed by atoms with Gasteiger partial charge in [0.2, 0.25) is 0 Å². The smallest absolute Gasteiger partial charge is 0.191 e. The van der Waals surface area contributed by atoms with Crippen LogP contribution in [0.5, 0.6) is 0 Å². The lowest BCUT2D eigenvalue weighted by molar-refractivity contribution is 0.0732. The van der Waals surface area contributed by atoms with E-state index in [0.717, 1.165) is 37.1 Å². The first-order valence-corrected chi connectivity index (χ1v) is 8.23. The molecule has 1 aromatic rings. The van der Waals surface area contributed by atoms with Gasteiger partial charge in [-0.15, -0.1) is 24.0 Å². The molecule has 23 heavy (non-hydrogen) atoms. The highest BCUT2D eigenvalue weighted by Crippen LogP contribution is 2.43. The van der Waals surface area contributed by atoms with Gasteiger partial charge in [-0.2, -0.15) is 0 Å². The molecule has 0 radical (unpaired) electrons. The van der Waals surface area contributed by atoms with Gasteiger partial charge in [0.05, 0.1) is 0 Å². The predicted octanol–water partition coefficient (Wildman–Crippen LogP) is 3.83. The van der Waals surface area contributed by atoms with Crippen molar-refractivity contribution in [1.82, 2.24) is 10.6 Å². The lowest BCUT2D eigenvalue weighted by atomic mass is 9.67. The third-order valence-corrected chi connectivity index (χ3v) is 4.73. The molecule has 0 amide bonds. The fraction of sp³-hybridized carbons (Fsp3) is 0.588. The van der Waals surface area contributed by atoms with Crippen LogP contribution < -0.4 is 10.6 Å². The Hall–Kier alpha value is -0.530. The highest BCUT2D eigenvalue weighted by Gasteiger charge is 2.36. The fourth-order valence-corrected chi connectivity index (χ4v) is 2.92. The van der Waals surface area contributed by atoms with Crippen molar-refractivity contribution in [2.24, 2.45) is 10.4 Å². The number of methoxy groups -OCH3 is 1. The van der Waals surface area contributed by atoms with Gasteiger partial charge in [0.1, 0.15) is 0 Å². The molecular weight excluding hydrogens is 425 g/mol. The monoisotopic (exact) mass is 451 g/mol. The van der Waals surface area contributed by atoms with Gasteiger partial charge in [-0.25, -0.2) is 0 Å². The van der Waals surface area contributed by atoms with E-state index in [1.165, 1.54) is 24.8 Å². The zero-order chi connectivity index (χ0) is 15.8. The van der Waals surface area contributed by atoms with Gasteiger partial charge >= 0.3 is 0 Å². The number of nitrogens with zero attached hydrogens (tertiary/aromatic N) is 1. The second kappa shape index (κ2) is 10.4. The molecule has 0 heterocycles. The Morgan fingerprint density at radius 2 is 1.96 bits per heavy atom. The van der Waals surface area contributed by atoms with Crippen molar-refractivity contribution in [3.8, 4) is 0 Å². The SMILES string of the molecule is CN=C(NCc1ccc(Cl)cc1)NCC1(CCOC)CCC1.I. The molecule has 1 fully saturated rings. The molecule has 6 heteroatoms. The molecule has 1 aliphatic carbocycles. The van der Waals surface area contributed by atoms with Crippen LogP contribution in [0.1, 0.15) is 31.2 Å². The number of nitrogens with one attached hydrogen (secondary N) is 2. The summed E-state index contributed by atoms with van der Waals surface area (Å²) in [7, 11) is 3.58. The van der Waals surface area contributed by atoms with Crippen LogP contribution in [0.3, 0.4) is 0 Å². The first-order valence-electron chi connectivity index (χ1n) is 7.85. The van der Waals surface area contributed by atoms with Gasteiger partial charge in [-0.3, -0.25) is 4.99 Å². The van der Waals surface area contributed by atoms with Crippen molar-refractivity contribution < 1.29 is 4.74 Å². The van der Waals surface area contributed by atoms with Gasteiger partial charge in [0.15, 0.2) is 5.96 Å². The van der Waals surface area contributed by atoms with E-state index in [-0.39, 0.29) is 24.0 Å². The summed E-state index contributed by atoms with van der Waals surface area (Å²) in [6, 6.07) is 7.86. The number of hydrogen-bond acceptors (Lipinski definition) is 2. The molecule has 0 bridgehead atoms. The van der Waals surface area contributed by atoms with Gasteiger partial charge in [-0.05, 0) is 42.4 Å². The van der Waals surface area contributed by atoms with Gasteiger partial charge in [-0.1, -0.05) is 30.2 Å². The molecule has 1 aliphatic rings. The second-order valence-corrected chi connectivity index (χ2v) is 6.44. The second-order valence-electron chi connectivity index (χ2n) is 6.00. The third kappa shape index (κ3) is 6.47. The number of guanidine groups is 1. The number of rotatable bonds is 7. The van der Waals surface area contributed by atoms with E-state index in [0.29, 0.717) is 5.41 Å². The largest absolute Gasteiger partial charge is 0.385 e. The molecule has 130 valence electrons. The van der Waals surface area contributed by atoms with Crippen molar-refractivity contribution in [3.05, 3.63) is 34.9 Å². The van der Waals surface area contributed by atoms with Crippen molar-refractivity contribution in [2.45, 2.75) is 32.2 Å². The van der Waals surface area contributed by atoms with Crippen LogP contribution in [0.15, 0.2) is 29.3 Å². The van der Waals surface area contributed by atoms with Crippen LogP contribution in [0, 0.1) is 5.41 Å². The molecular formula is C17H27ClIN3O. The average Bonchev–Trinajstić information content (AvgIpc) is 2.50. The summed E-state index contributed by atoms with van der Waals surface area (Å²) in [6.45, 7) is 2.52. The van der Waals surface area contributed by atoms with E-state index >= 15 is 0 Å².